The largest absolute Gasteiger partial charge is 0.348 e. The highest BCUT2D eigenvalue weighted by Crippen LogP contribution is 2.11. The second-order valence-electron chi connectivity index (χ2n) is 3.64. The van der Waals surface area contributed by atoms with Crippen molar-refractivity contribution in [3.05, 3.63) is 65.5 Å². The second kappa shape index (κ2) is 5.35. The molecule has 1 aromatic heterocycles. The van der Waals surface area contributed by atoms with Crippen LogP contribution in [0.15, 0.2) is 42.7 Å². The van der Waals surface area contributed by atoms with Crippen molar-refractivity contribution in [3.63, 3.8) is 0 Å². The molecule has 0 aliphatic heterocycles. The number of aromatic nitrogens is 1. The number of benzene rings is 1. The van der Waals surface area contributed by atoms with Crippen molar-refractivity contribution in [2.45, 2.75) is 6.54 Å². The minimum atomic E-state index is -1.13. The number of hydrogen-bond donors (Lipinski definition) is 1. The first-order valence-corrected chi connectivity index (χ1v) is 5.29. The van der Waals surface area contributed by atoms with E-state index in [1.807, 2.05) is 0 Å². The molecule has 1 N–H and O–H groups in total. The first-order valence-electron chi connectivity index (χ1n) is 5.29. The van der Waals surface area contributed by atoms with Crippen LogP contribution in [0.25, 0.3) is 0 Å². The van der Waals surface area contributed by atoms with E-state index in [9.17, 15) is 13.6 Å². The number of hydrogen-bond acceptors (Lipinski definition) is 2. The lowest BCUT2D eigenvalue weighted by molar-refractivity contribution is 0.0946. The Bertz CT molecular complexity index is 558. The zero-order valence-corrected chi connectivity index (χ0v) is 9.36. The molecule has 0 spiro atoms. The zero-order chi connectivity index (χ0) is 13.0. The molecular formula is C13H10F2N2O. The lowest BCUT2D eigenvalue weighted by atomic mass is 10.2. The molecule has 0 saturated heterocycles. The average molecular weight is 248 g/mol. The molecular weight excluding hydrogens is 238 g/mol. The van der Waals surface area contributed by atoms with Crippen LogP contribution in [-0.2, 0) is 6.54 Å². The van der Waals surface area contributed by atoms with Gasteiger partial charge in [0, 0.05) is 18.9 Å². The van der Waals surface area contributed by atoms with Crippen molar-refractivity contribution >= 4 is 5.91 Å². The molecule has 0 atom stereocenters. The Morgan fingerprint density at radius 2 is 1.89 bits per heavy atom. The number of halogens is 2. The van der Waals surface area contributed by atoms with Gasteiger partial charge in [0.2, 0.25) is 0 Å². The standard InChI is InChI=1S/C13H10F2N2O/c14-11-3-1-2-10(12(11)15)13(18)17-8-9-4-6-16-7-5-9/h1-7H,8H2,(H,17,18). The Labute approximate surface area is 102 Å². The van der Waals surface area contributed by atoms with E-state index in [4.69, 9.17) is 0 Å². The van der Waals surface area contributed by atoms with Gasteiger partial charge >= 0.3 is 0 Å². The highest BCUT2D eigenvalue weighted by molar-refractivity contribution is 5.94. The Balaban J connectivity index is 2.07. The Morgan fingerprint density at radius 1 is 1.17 bits per heavy atom. The number of nitrogens with one attached hydrogen (secondary N) is 1. The van der Waals surface area contributed by atoms with Crippen LogP contribution in [0.2, 0.25) is 0 Å². The summed E-state index contributed by atoms with van der Waals surface area (Å²) >= 11 is 0. The van der Waals surface area contributed by atoms with E-state index in [2.05, 4.69) is 10.3 Å². The summed E-state index contributed by atoms with van der Waals surface area (Å²) in [6, 6.07) is 6.94. The van der Waals surface area contributed by atoms with Gasteiger partial charge in [0.25, 0.3) is 5.91 Å². The quantitative estimate of drug-likeness (QED) is 0.905. The lowest BCUT2D eigenvalue weighted by Crippen LogP contribution is -2.24. The number of carbonyl (C=O) groups excluding carboxylic acids is 1. The lowest BCUT2D eigenvalue weighted by Gasteiger charge is -2.06. The molecule has 0 bridgehead atoms. The fourth-order valence-electron chi connectivity index (χ4n) is 1.46. The molecule has 0 aliphatic carbocycles. The van der Waals surface area contributed by atoms with Gasteiger partial charge in [0.05, 0.1) is 5.56 Å². The van der Waals surface area contributed by atoms with Gasteiger partial charge in [0.1, 0.15) is 0 Å². The molecule has 1 amide bonds. The van der Waals surface area contributed by atoms with Crippen molar-refractivity contribution in [3.8, 4) is 0 Å². The molecule has 0 aliphatic rings. The number of rotatable bonds is 3. The van der Waals surface area contributed by atoms with E-state index >= 15 is 0 Å². The number of nitrogens with zero attached hydrogens (tertiary/aromatic N) is 1. The van der Waals surface area contributed by atoms with Crippen LogP contribution in [-0.4, -0.2) is 10.9 Å². The van der Waals surface area contributed by atoms with Gasteiger partial charge in [-0.1, -0.05) is 6.07 Å². The fraction of sp³-hybridized carbons (Fsp3) is 0.0769. The second-order valence-corrected chi connectivity index (χ2v) is 3.64. The van der Waals surface area contributed by atoms with Crippen molar-refractivity contribution in [1.82, 2.24) is 10.3 Å². The maximum absolute atomic E-state index is 13.3. The third kappa shape index (κ3) is 2.68. The van der Waals surface area contributed by atoms with E-state index < -0.39 is 17.5 Å². The fourth-order valence-corrected chi connectivity index (χ4v) is 1.46. The number of amides is 1. The highest BCUT2D eigenvalue weighted by Gasteiger charge is 2.14. The summed E-state index contributed by atoms with van der Waals surface area (Å²) in [5.74, 6) is -2.82. The van der Waals surface area contributed by atoms with Crippen LogP contribution in [0.5, 0.6) is 0 Å². The molecule has 5 heteroatoms. The Kier molecular flexibility index (Phi) is 3.62. The Morgan fingerprint density at radius 3 is 2.61 bits per heavy atom. The van der Waals surface area contributed by atoms with Crippen LogP contribution in [0.3, 0.4) is 0 Å². The van der Waals surface area contributed by atoms with Gasteiger partial charge in [-0.15, -0.1) is 0 Å². The monoisotopic (exact) mass is 248 g/mol. The average Bonchev–Trinajstić information content (AvgIpc) is 2.40. The van der Waals surface area contributed by atoms with Gasteiger partial charge in [-0.3, -0.25) is 9.78 Å². The molecule has 3 nitrogen and oxygen atoms in total. The van der Waals surface area contributed by atoms with Crippen molar-refractivity contribution in [2.75, 3.05) is 0 Å². The third-order valence-corrected chi connectivity index (χ3v) is 2.40. The molecule has 0 radical (unpaired) electrons. The van der Waals surface area contributed by atoms with E-state index in [-0.39, 0.29) is 12.1 Å². The predicted octanol–water partition coefficient (Wildman–Crippen LogP) is 2.29. The minimum absolute atomic E-state index is 0.233. The van der Waals surface area contributed by atoms with E-state index in [0.717, 1.165) is 11.6 Å². The van der Waals surface area contributed by atoms with Gasteiger partial charge in [-0.05, 0) is 29.8 Å². The minimum Gasteiger partial charge on any atom is -0.348 e. The maximum atomic E-state index is 13.3. The van der Waals surface area contributed by atoms with Crippen LogP contribution < -0.4 is 5.32 Å². The maximum Gasteiger partial charge on any atom is 0.254 e. The molecule has 0 unspecified atom stereocenters. The SMILES string of the molecule is O=C(NCc1ccncc1)c1cccc(F)c1F. The first-order chi connectivity index (χ1) is 8.68. The molecule has 2 aromatic rings. The third-order valence-electron chi connectivity index (χ3n) is 2.40. The van der Waals surface area contributed by atoms with Crippen molar-refractivity contribution < 1.29 is 13.6 Å². The van der Waals surface area contributed by atoms with Gasteiger partial charge in [-0.2, -0.15) is 0 Å². The zero-order valence-electron chi connectivity index (χ0n) is 9.36. The van der Waals surface area contributed by atoms with E-state index in [1.54, 1.807) is 24.5 Å². The van der Waals surface area contributed by atoms with Crippen molar-refractivity contribution in [1.29, 1.82) is 0 Å². The van der Waals surface area contributed by atoms with Crippen LogP contribution in [0, 0.1) is 11.6 Å². The molecule has 2 rings (SSSR count). The van der Waals surface area contributed by atoms with Crippen LogP contribution in [0.4, 0.5) is 8.78 Å². The van der Waals surface area contributed by atoms with Crippen molar-refractivity contribution in [2.24, 2.45) is 0 Å². The molecule has 0 saturated carbocycles. The summed E-state index contributed by atoms with van der Waals surface area (Å²) in [4.78, 5) is 15.5. The van der Waals surface area contributed by atoms with Crippen LogP contribution in [0.1, 0.15) is 15.9 Å². The molecule has 92 valence electrons. The molecule has 1 aromatic carbocycles. The normalized spacial score (nSPS) is 10.1. The molecule has 0 fully saturated rings. The smallest absolute Gasteiger partial charge is 0.254 e. The number of pyridine rings is 1. The summed E-state index contributed by atoms with van der Waals surface area (Å²) in [6.07, 6.45) is 3.18. The summed E-state index contributed by atoms with van der Waals surface area (Å²) < 4.78 is 26.3. The topological polar surface area (TPSA) is 42.0 Å². The van der Waals surface area contributed by atoms with Gasteiger partial charge in [0.15, 0.2) is 11.6 Å². The van der Waals surface area contributed by atoms with Gasteiger partial charge < -0.3 is 5.32 Å². The predicted molar refractivity (Wildman–Crippen MR) is 61.8 cm³/mol. The summed E-state index contributed by atoms with van der Waals surface area (Å²) in [6.45, 7) is 0.233. The molecule has 18 heavy (non-hydrogen) atoms. The van der Waals surface area contributed by atoms with E-state index in [0.29, 0.717) is 0 Å². The summed E-state index contributed by atoms with van der Waals surface area (Å²) in [5.41, 5.74) is 0.527. The highest BCUT2D eigenvalue weighted by atomic mass is 19.2. The first kappa shape index (κ1) is 12.2. The summed E-state index contributed by atoms with van der Waals surface area (Å²) in [5, 5.41) is 2.51. The Hall–Kier alpha value is -2.30. The summed E-state index contributed by atoms with van der Waals surface area (Å²) in [7, 11) is 0. The van der Waals surface area contributed by atoms with Gasteiger partial charge in [-0.25, -0.2) is 8.78 Å². The number of carbonyl (C=O) groups is 1. The van der Waals surface area contributed by atoms with Crippen LogP contribution >= 0.6 is 0 Å². The molecule has 1 heterocycles. The van der Waals surface area contributed by atoms with E-state index in [1.165, 1.54) is 12.1 Å².